The maximum absolute atomic E-state index is 14.6. The lowest BCUT2D eigenvalue weighted by atomic mass is 9.69. The number of hydrogen-bond donors (Lipinski definition) is 0. The molecule has 1 nitrogen and oxygen atoms in total. The second-order valence-corrected chi connectivity index (χ2v) is 9.33. The highest BCUT2D eigenvalue weighted by Gasteiger charge is 2.56. The van der Waals surface area contributed by atoms with Crippen molar-refractivity contribution in [1.29, 1.82) is 0 Å². The first-order valence-corrected chi connectivity index (χ1v) is 10.5. The van der Waals surface area contributed by atoms with Gasteiger partial charge in [-0.1, -0.05) is 0 Å². The van der Waals surface area contributed by atoms with Crippen LogP contribution in [-0.2, 0) is 4.74 Å². The third-order valence-corrected chi connectivity index (χ3v) is 6.91. The standard InChI is InChI=1S/C19H24ClF9O/c20-8-3-12(23)17(13(24)4-8)19(28,29)30-9-5-10(21)16(11(22)6-9)7-1-14(25)18(27)15(26)2-7/h7-18H,1-6H2. The molecule has 0 aliphatic heterocycles. The van der Waals surface area contributed by atoms with Gasteiger partial charge in [-0.15, -0.1) is 11.6 Å². The van der Waals surface area contributed by atoms with Gasteiger partial charge in [-0.05, 0) is 31.6 Å². The normalized spacial score (nSPS) is 51.0. The Morgan fingerprint density at radius 3 is 1.57 bits per heavy atom. The van der Waals surface area contributed by atoms with E-state index in [1.807, 2.05) is 0 Å². The van der Waals surface area contributed by atoms with Crippen molar-refractivity contribution in [2.24, 2.45) is 17.8 Å². The summed E-state index contributed by atoms with van der Waals surface area (Å²) < 4.78 is 131. The Bertz CT molecular complexity index is 548. The highest BCUT2D eigenvalue weighted by Crippen LogP contribution is 2.47. The van der Waals surface area contributed by atoms with E-state index >= 15 is 0 Å². The van der Waals surface area contributed by atoms with E-state index in [4.69, 9.17) is 11.6 Å². The molecule has 0 aromatic rings. The Hall–Kier alpha value is -0.380. The average molecular weight is 475 g/mol. The first-order valence-electron chi connectivity index (χ1n) is 10.1. The molecule has 0 radical (unpaired) electrons. The van der Waals surface area contributed by atoms with Gasteiger partial charge in [0.25, 0.3) is 0 Å². The molecule has 3 saturated carbocycles. The lowest BCUT2D eigenvalue weighted by molar-refractivity contribution is -0.321. The van der Waals surface area contributed by atoms with Crippen LogP contribution in [0.1, 0.15) is 38.5 Å². The summed E-state index contributed by atoms with van der Waals surface area (Å²) in [6.07, 6.45) is -25.0. The Labute approximate surface area is 173 Å². The molecule has 0 N–H and O–H groups in total. The molecule has 0 saturated heterocycles. The van der Waals surface area contributed by atoms with Gasteiger partial charge in [-0.2, -0.15) is 8.78 Å². The van der Waals surface area contributed by atoms with E-state index in [9.17, 15) is 39.5 Å². The number of ether oxygens (including phenoxy) is 1. The Morgan fingerprint density at radius 2 is 1.10 bits per heavy atom. The monoisotopic (exact) mass is 474 g/mol. The summed E-state index contributed by atoms with van der Waals surface area (Å²) in [7, 11) is 0. The van der Waals surface area contributed by atoms with E-state index in [1.54, 1.807) is 0 Å². The van der Waals surface area contributed by atoms with Gasteiger partial charge in [0.15, 0.2) is 6.17 Å². The Morgan fingerprint density at radius 1 is 0.633 bits per heavy atom. The van der Waals surface area contributed by atoms with E-state index in [0.717, 1.165) is 0 Å². The van der Waals surface area contributed by atoms with E-state index in [1.165, 1.54) is 0 Å². The van der Waals surface area contributed by atoms with Gasteiger partial charge in [0.05, 0.1) is 6.10 Å². The van der Waals surface area contributed by atoms with Crippen molar-refractivity contribution in [3.05, 3.63) is 0 Å². The van der Waals surface area contributed by atoms with Crippen LogP contribution in [0.2, 0.25) is 0 Å². The molecule has 0 heterocycles. The van der Waals surface area contributed by atoms with Crippen LogP contribution < -0.4 is 0 Å². The third-order valence-electron chi connectivity index (χ3n) is 6.56. The zero-order valence-electron chi connectivity index (χ0n) is 15.9. The van der Waals surface area contributed by atoms with Crippen LogP contribution in [0.5, 0.6) is 0 Å². The first-order chi connectivity index (χ1) is 13.9. The molecular weight excluding hydrogens is 451 g/mol. The summed E-state index contributed by atoms with van der Waals surface area (Å²) in [6, 6.07) is 0. The summed E-state index contributed by atoms with van der Waals surface area (Å²) >= 11 is 5.63. The molecule has 11 heteroatoms. The molecule has 3 aliphatic rings. The molecular formula is C19H24ClF9O. The number of rotatable bonds is 4. The largest absolute Gasteiger partial charge is 0.364 e. The molecule has 6 unspecified atom stereocenters. The van der Waals surface area contributed by atoms with Gasteiger partial charge in [0.1, 0.15) is 42.9 Å². The smallest absolute Gasteiger partial charge is 0.317 e. The fourth-order valence-electron chi connectivity index (χ4n) is 5.13. The molecule has 6 atom stereocenters. The lowest BCUT2D eigenvalue weighted by Gasteiger charge is -2.43. The molecule has 3 rings (SSSR count). The molecule has 30 heavy (non-hydrogen) atoms. The lowest BCUT2D eigenvalue weighted by Crippen LogP contribution is -2.52. The molecule has 0 aromatic heterocycles. The van der Waals surface area contributed by atoms with Crippen molar-refractivity contribution in [3.63, 3.8) is 0 Å². The summed E-state index contributed by atoms with van der Waals surface area (Å²) in [5, 5.41) is -0.944. The van der Waals surface area contributed by atoms with Gasteiger partial charge >= 0.3 is 6.11 Å². The van der Waals surface area contributed by atoms with Crippen LogP contribution in [0.25, 0.3) is 0 Å². The number of alkyl halides is 10. The van der Waals surface area contributed by atoms with Gasteiger partial charge in [0, 0.05) is 24.1 Å². The van der Waals surface area contributed by atoms with Crippen LogP contribution >= 0.6 is 11.6 Å². The van der Waals surface area contributed by atoms with Crippen LogP contribution in [0.3, 0.4) is 0 Å². The molecule has 3 fully saturated rings. The van der Waals surface area contributed by atoms with E-state index in [2.05, 4.69) is 4.74 Å². The van der Waals surface area contributed by atoms with Crippen molar-refractivity contribution in [2.45, 2.75) is 99.3 Å². The number of halogens is 10. The van der Waals surface area contributed by atoms with Crippen molar-refractivity contribution in [1.82, 2.24) is 0 Å². The van der Waals surface area contributed by atoms with Gasteiger partial charge < -0.3 is 4.74 Å². The molecule has 0 aromatic carbocycles. The molecule has 0 spiro atoms. The highest BCUT2D eigenvalue weighted by molar-refractivity contribution is 6.20. The first kappa shape index (κ1) is 24.3. The quantitative estimate of drug-likeness (QED) is 0.350. The predicted molar refractivity (Wildman–Crippen MR) is 91.9 cm³/mol. The van der Waals surface area contributed by atoms with E-state index < -0.39 is 117 Å². The topological polar surface area (TPSA) is 9.23 Å². The van der Waals surface area contributed by atoms with Crippen LogP contribution in [0.15, 0.2) is 0 Å². The summed E-state index contributed by atoms with van der Waals surface area (Å²) in [4.78, 5) is 0. The van der Waals surface area contributed by atoms with Crippen LogP contribution in [0.4, 0.5) is 39.5 Å². The highest BCUT2D eigenvalue weighted by atomic mass is 35.5. The van der Waals surface area contributed by atoms with Gasteiger partial charge in [-0.25, -0.2) is 30.7 Å². The molecule has 0 amide bonds. The minimum Gasteiger partial charge on any atom is -0.317 e. The van der Waals surface area contributed by atoms with Crippen LogP contribution in [-0.4, -0.2) is 60.8 Å². The molecule has 0 bridgehead atoms. The fraction of sp³-hybridized carbons (Fsp3) is 1.00. The zero-order valence-corrected chi connectivity index (χ0v) is 16.6. The SMILES string of the molecule is FC1CC(C2C(F)CC(OC(F)(F)C3C(F)CC(Cl)CC3F)CC2F)CC(F)C1F. The average Bonchev–Trinajstić information content (AvgIpc) is 2.57. The minimum absolute atomic E-state index is 0.498. The molecule has 3 aliphatic carbocycles. The van der Waals surface area contributed by atoms with E-state index in [0.29, 0.717) is 0 Å². The minimum atomic E-state index is -4.31. The number of hydrogen-bond acceptors (Lipinski definition) is 1. The van der Waals surface area contributed by atoms with Crippen LogP contribution in [0, 0.1) is 17.8 Å². The Kier molecular flexibility index (Phi) is 7.47. The summed E-state index contributed by atoms with van der Waals surface area (Å²) in [5.74, 6) is -5.06. The van der Waals surface area contributed by atoms with Crippen molar-refractivity contribution >= 4 is 11.6 Å². The maximum Gasteiger partial charge on any atom is 0.364 e. The second kappa shape index (κ2) is 9.24. The van der Waals surface area contributed by atoms with Crippen molar-refractivity contribution < 1.29 is 44.3 Å². The zero-order chi connectivity index (χ0) is 22.4. The fourth-order valence-corrected chi connectivity index (χ4v) is 5.47. The predicted octanol–water partition coefficient (Wildman–Crippen LogP) is 6.17. The summed E-state index contributed by atoms with van der Waals surface area (Å²) in [6.45, 7) is 0. The van der Waals surface area contributed by atoms with Gasteiger partial charge in [0.2, 0.25) is 0 Å². The van der Waals surface area contributed by atoms with Gasteiger partial charge in [-0.3, -0.25) is 0 Å². The maximum atomic E-state index is 14.6. The van der Waals surface area contributed by atoms with E-state index in [-0.39, 0.29) is 0 Å². The molecule has 176 valence electrons. The Balaban J connectivity index is 1.64. The van der Waals surface area contributed by atoms with Crippen molar-refractivity contribution in [3.8, 4) is 0 Å². The van der Waals surface area contributed by atoms with Crippen molar-refractivity contribution in [2.75, 3.05) is 0 Å². The second-order valence-electron chi connectivity index (χ2n) is 8.72. The summed E-state index contributed by atoms with van der Waals surface area (Å²) in [5.41, 5.74) is 0. The third kappa shape index (κ3) is 4.99.